The summed E-state index contributed by atoms with van der Waals surface area (Å²) in [6.07, 6.45) is 8.49. The van der Waals surface area contributed by atoms with Crippen molar-refractivity contribution in [1.82, 2.24) is 4.90 Å². The summed E-state index contributed by atoms with van der Waals surface area (Å²) >= 11 is 0. The van der Waals surface area contributed by atoms with Crippen LogP contribution in [0.2, 0.25) is 0 Å². The van der Waals surface area contributed by atoms with Gasteiger partial charge in [-0.05, 0) is 25.7 Å². The SMILES string of the molecule is N#CC1CN(C2CCOC3(CCCCC3)C2)CCO1. The smallest absolute Gasteiger partial charge is 0.156 e. The zero-order chi connectivity index (χ0) is 13.1. The monoisotopic (exact) mass is 264 g/mol. The molecule has 0 aromatic heterocycles. The van der Waals surface area contributed by atoms with Crippen molar-refractivity contribution >= 4 is 0 Å². The third-order valence-electron chi connectivity index (χ3n) is 4.99. The molecule has 0 radical (unpaired) electrons. The van der Waals surface area contributed by atoms with E-state index in [1.165, 1.54) is 32.1 Å². The molecule has 0 bridgehead atoms. The molecular weight excluding hydrogens is 240 g/mol. The van der Waals surface area contributed by atoms with Gasteiger partial charge in [-0.15, -0.1) is 0 Å². The van der Waals surface area contributed by atoms with Crippen molar-refractivity contribution in [3.8, 4) is 6.07 Å². The molecule has 1 aliphatic carbocycles. The fraction of sp³-hybridized carbons (Fsp3) is 0.933. The van der Waals surface area contributed by atoms with Crippen LogP contribution in [0.15, 0.2) is 0 Å². The Labute approximate surface area is 115 Å². The number of morpholine rings is 1. The van der Waals surface area contributed by atoms with Crippen LogP contribution in [-0.2, 0) is 9.47 Å². The molecule has 2 heterocycles. The number of nitrogens with zero attached hydrogens (tertiary/aromatic N) is 2. The second kappa shape index (κ2) is 5.78. The highest BCUT2D eigenvalue weighted by Crippen LogP contribution is 2.40. The summed E-state index contributed by atoms with van der Waals surface area (Å²) in [6.45, 7) is 3.33. The van der Waals surface area contributed by atoms with Gasteiger partial charge in [0.05, 0.1) is 18.3 Å². The van der Waals surface area contributed by atoms with Crippen molar-refractivity contribution < 1.29 is 9.47 Å². The molecule has 0 aromatic carbocycles. The van der Waals surface area contributed by atoms with Gasteiger partial charge in [0.2, 0.25) is 0 Å². The van der Waals surface area contributed by atoms with Crippen molar-refractivity contribution in [2.45, 2.75) is 62.7 Å². The van der Waals surface area contributed by atoms with Crippen molar-refractivity contribution in [1.29, 1.82) is 5.26 Å². The second-order valence-corrected chi connectivity index (χ2v) is 6.22. The first-order chi connectivity index (χ1) is 9.31. The zero-order valence-corrected chi connectivity index (χ0v) is 11.6. The van der Waals surface area contributed by atoms with Gasteiger partial charge >= 0.3 is 0 Å². The van der Waals surface area contributed by atoms with E-state index in [2.05, 4.69) is 11.0 Å². The third-order valence-corrected chi connectivity index (χ3v) is 4.99. The maximum absolute atomic E-state index is 9.02. The number of nitriles is 1. The number of ether oxygens (including phenoxy) is 2. The van der Waals surface area contributed by atoms with Crippen LogP contribution < -0.4 is 0 Å². The molecule has 0 amide bonds. The molecule has 106 valence electrons. The second-order valence-electron chi connectivity index (χ2n) is 6.22. The molecule has 1 spiro atoms. The third kappa shape index (κ3) is 2.94. The van der Waals surface area contributed by atoms with Crippen LogP contribution >= 0.6 is 0 Å². The molecule has 2 saturated heterocycles. The summed E-state index contributed by atoms with van der Waals surface area (Å²) in [5.74, 6) is 0. The molecule has 2 unspecified atom stereocenters. The summed E-state index contributed by atoms with van der Waals surface area (Å²) < 4.78 is 11.6. The molecule has 4 nitrogen and oxygen atoms in total. The van der Waals surface area contributed by atoms with Gasteiger partial charge in [-0.1, -0.05) is 19.3 Å². The highest BCUT2D eigenvalue weighted by atomic mass is 16.5. The average molecular weight is 264 g/mol. The normalized spacial score (nSPS) is 35.9. The quantitative estimate of drug-likeness (QED) is 0.727. The van der Waals surface area contributed by atoms with Crippen molar-refractivity contribution in [3.63, 3.8) is 0 Å². The van der Waals surface area contributed by atoms with Crippen LogP contribution in [0.25, 0.3) is 0 Å². The summed E-state index contributed by atoms with van der Waals surface area (Å²) in [7, 11) is 0. The first-order valence-electron chi connectivity index (χ1n) is 7.71. The van der Waals surface area contributed by atoms with Crippen LogP contribution in [0.5, 0.6) is 0 Å². The Kier molecular flexibility index (Phi) is 4.07. The summed E-state index contributed by atoms with van der Waals surface area (Å²) in [4.78, 5) is 2.47. The molecule has 0 aromatic rings. The first-order valence-corrected chi connectivity index (χ1v) is 7.71. The van der Waals surface area contributed by atoms with Gasteiger partial charge in [-0.3, -0.25) is 4.90 Å². The fourth-order valence-electron chi connectivity index (χ4n) is 3.94. The Morgan fingerprint density at radius 1 is 1.16 bits per heavy atom. The van der Waals surface area contributed by atoms with Gasteiger partial charge in [0.25, 0.3) is 0 Å². The van der Waals surface area contributed by atoms with Crippen molar-refractivity contribution in [2.75, 3.05) is 26.3 Å². The lowest BCUT2D eigenvalue weighted by atomic mass is 9.78. The number of hydrogen-bond acceptors (Lipinski definition) is 4. The summed E-state index contributed by atoms with van der Waals surface area (Å²) in [5, 5.41) is 9.02. The number of hydrogen-bond donors (Lipinski definition) is 0. The molecule has 19 heavy (non-hydrogen) atoms. The molecular formula is C15H24N2O2. The van der Waals surface area contributed by atoms with E-state index < -0.39 is 0 Å². The number of rotatable bonds is 1. The van der Waals surface area contributed by atoms with E-state index in [9.17, 15) is 0 Å². The highest BCUT2D eigenvalue weighted by molar-refractivity contribution is 4.96. The molecule has 0 N–H and O–H groups in total. The molecule has 3 rings (SSSR count). The lowest BCUT2D eigenvalue weighted by Gasteiger charge is -2.47. The first kappa shape index (κ1) is 13.4. The minimum Gasteiger partial charge on any atom is -0.375 e. The molecule has 3 fully saturated rings. The maximum atomic E-state index is 9.02. The summed E-state index contributed by atoms with van der Waals surface area (Å²) in [5.41, 5.74) is 0.154. The Bertz CT molecular complexity index is 341. The van der Waals surface area contributed by atoms with E-state index in [-0.39, 0.29) is 11.7 Å². The Morgan fingerprint density at radius 3 is 2.79 bits per heavy atom. The maximum Gasteiger partial charge on any atom is 0.156 e. The van der Waals surface area contributed by atoms with E-state index in [0.717, 1.165) is 32.5 Å². The van der Waals surface area contributed by atoms with Gasteiger partial charge in [0, 0.05) is 25.7 Å². The van der Waals surface area contributed by atoms with Gasteiger partial charge in [-0.25, -0.2) is 0 Å². The molecule has 2 atom stereocenters. The highest BCUT2D eigenvalue weighted by Gasteiger charge is 2.41. The van der Waals surface area contributed by atoms with Crippen LogP contribution in [0.3, 0.4) is 0 Å². The van der Waals surface area contributed by atoms with E-state index in [1.807, 2.05) is 0 Å². The predicted octanol–water partition coefficient (Wildman–Crippen LogP) is 2.09. The largest absolute Gasteiger partial charge is 0.375 e. The van der Waals surface area contributed by atoms with E-state index in [0.29, 0.717) is 12.6 Å². The standard InChI is InChI=1S/C15H24N2O2/c16-11-14-12-17(7-9-18-14)13-4-8-19-15(10-13)5-2-1-3-6-15/h13-14H,1-10,12H2. The zero-order valence-electron chi connectivity index (χ0n) is 11.6. The van der Waals surface area contributed by atoms with Crippen LogP contribution in [0.4, 0.5) is 0 Å². The fourth-order valence-corrected chi connectivity index (χ4v) is 3.94. The Hall–Kier alpha value is -0.630. The Morgan fingerprint density at radius 2 is 2.00 bits per heavy atom. The van der Waals surface area contributed by atoms with Crippen LogP contribution in [0.1, 0.15) is 44.9 Å². The predicted molar refractivity (Wildman–Crippen MR) is 71.7 cm³/mol. The Balaban J connectivity index is 1.63. The average Bonchev–Trinajstić information content (AvgIpc) is 2.48. The lowest BCUT2D eigenvalue weighted by Crippen LogP contribution is -2.53. The van der Waals surface area contributed by atoms with Crippen LogP contribution in [0, 0.1) is 11.3 Å². The minimum atomic E-state index is -0.237. The molecule has 1 saturated carbocycles. The van der Waals surface area contributed by atoms with Crippen LogP contribution in [-0.4, -0.2) is 49.0 Å². The van der Waals surface area contributed by atoms with Crippen molar-refractivity contribution in [3.05, 3.63) is 0 Å². The topological polar surface area (TPSA) is 45.5 Å². The van der Waals surface area contributed by atoms with Crippen molar-refractivity contribution in [2.24, 2.45) is 0 Å². The van der Waals surface area contributed by atoms with E-state index in [4.69, 9.17) is 14.7 Å². The molecule has 3 aliphatic rings. The molecule has 4 heteroatoms. The van der Waals surface area contributed by atoms with Gasteiger partial charge in [0.15, 0.2) is 6.10 Å². The summed E-state index contributed by atoms with van der Waals surface area (Å²) in [6, 6.07) is 2.84. The lowest BCUT2D eigenvalue weighted by molar-refractivity contribution is -0.134. The molecule has 2 aliphatic heterocycles. The van der Waals surface area contributed by atoms with Gasteiger partial charge in [0.1, 0.15) is 0 Å². The minimum absolute atomic E-state index is 0.154. The van der Waals surface area contributed by atoms with E-state index >= 15 is 0 Å². The van der Waals surface area contributed by atoms with Gasteiger partial charge in [-0.2, -0.15) is 5.26 Å². The van der Waals surface area contributed by atoms with Gasteiger partial charge < -0.3 is 9.47 Å². The van der Waals surface area contributed by atoms with E-state index in [1.54, 1.807) is 0 Å².